The summed E-state index contributed by atoms with van der Waals surface area (Å²) in [6.07, 6.45) is 0. The largest absolute Gasteiger partial charge is 0.348 e. The van der Waals surface area contributed by atoms with Crippen molar-refractivity contribution in [2.24, 2.45) is 0 Å². The van der Waals surface area contributed by atoms with E-state index in [2.05, 4.69) is 5.32 Å². The Morgan fingerprint density at radius 2 is 1.84 bits per heavy atom. The number of nitrogens with one attached hydrogen (secondary N) is 1. The van der Waals surface area contributed by atoms with Gasteiger partial charge in [-0.3, -0.25) is 4.79 Å². The van der Waals surface area contributed by atoms with Gasteiger partial charge in [0.05, 0.1) is 0 Å². The van der Waals surface area contributed by atoms with Crippen molar-refractivity contribution in [3.63, 3.8) is 0 Å². The van der Waals surface area contributed by atoms with Crippen LogP contribution < -0.4 is 5.32 Å². The van der Waals surface area contributed by atoms with Gasteiger partial charge in [0.2, 0.25) is 0 Å². The Labute approximate surface area is 114 Å². The van der Waals surface area contributed by atoms with Crippen LogP contribution in [0.2, 0.25) is 5.02 Å². The van der Waals surface area contributed by atoms with Gasteiger partial charge in [-0.05, 0) is 35.9 Å². The van der Waals surface area contributed by atoms with Crippen LogP contribution in [0, 0.1) is 11.6 Å². The van der Waals surface area contributed by atoms with E-state index < -0.39 is 17.5 Å². The van der Waals surface area contributed by atoms with E-state index in [1.54, 1.807) is 0 Å². The first-order chi connectivity index (χ1) is 9.06. The quantitative estimate of drug-likeness (QED) is 0.916. The van der Waals surface area contributed by atoms with Crippen LogP contribution in [0.4, 0.5) is 8.78 Å². The summed E-state index contributed by atoms with van der Waals surface area (Å²) in [5.74, 6) is -1.34. The molecule has 0 fully saturated rings. The molecule has 0 saturated heterocycles. The van der Waals surface area contributed by atoms with Gasteiger partial charge in [-0.2, -0.15) is 0 Å². The summed E-state index contributed by atoms with van der Waals surface area (Å²) in [7, 11) is 0. The van der Waals surface area contributed by atoms with Gasteiger partial charge in [-0.15, -0.1) is 0 Å². The van der Waals surface area contributed by atoms with E-state index in [0.29, 0.717) is 5.56 Å². The molecule has 0 aliphatic heterocycles. The highest BCUT2D eigenvalue weighted by molar-refractivity contribution is 6.31. The molecule has 2 aromatic rings. The number of hydrogen-bond acceptors (Lipinski definition) is 1. The molecule has 0 bridgehead atoms. The van der Waals surface area contributed by atoms with Crippen molar-refractivity contribution in [3.05, 3.63) is 70.2 Å². The molecule has 0 aliphatic rings. The highest BCUT2D eigenvalue weighted by Crippen LogP contribution is 2.17. The fraction of sp³-hybridized carbons (Fsp3) is 0.0714. The number of carbonyl (C=O) groups excluding carboxylic acids is 1. The fourth-order valence-corrected chi connectivity index (χ4v) is 1.81. The number of hydrogen-bond donors (Lipinski definition) is 1. The summed E-state index contributed by atoms with van der Waals surface area (Å²) in [4.78, 5) is 11.8. The lowest BCUT2D eigenvalue weighted by molar-refractivity contribution is 0.0950. The maximum absolute atomic E-state index is 13.0. The van der Waals surface area contributed by atoms with Crippen molar-refractivity contribution in [2.45, 2.75) is 6.54 Å². The number of carbonyl (C=O) groups is 1. The Hall–Kier alpha value is -1.94. The molecule has 0 aliphatic carbocycles. The monoisotopic (exact) mass is 281 g/mol. The SMILES string of the molecule is O=C(NCc1ccc(F)cc1Cl)c1cccc(F)c1. The van der Waals surface area contributed by atoms with E-state index in [-0.39, 0.29) is 17.1 Å². The molecule has 0 unspecified atom stereocenters. The van der Waals surface area contributed by atoms with Crippen molar-refractivity contribution < 1.29 is 13.6 Å². The summed E-state index contributed by atoms with van der Waals surface area (Å²) in [6.45, 7) is 0.147. The van der Waals surface area contributed by atoms with E-state index >= 15 is 0 Å². The molecule has 0 aromatic heterocycles. The van der Waals surface area contributed by atoms with Crippen molar-refractivity contribution >= 4 is 17.5 Å². The molecule has 0 radical (unpaired) electrons. The molecule has 98 valence electrons. The molecule has 0 heterocycles. The first kappa shape index (κ1) is 13.5. The first-order valence-corrected chi connectivity index (χ1v) is 5.92. The van der Waals surface area contributed by atoms with Crippen molar-refractivity contribution in [1.29, 1.82) is 0 Å². The zero-order valence-corrected chi connectivity index (χ0v) is 10.5. The second-order valence-corrected chi connectivity index (χ2v) is 4.34. The molecule has 0 spiro atoms. The Balaban J connectivity index is 2.04. The predicted octanol–water partition coefficient (Wildman–Crippen LogP) is 3.55. The molecule has 2 aromatic carbocycles. The zero-order valence-electron chi connectivity index (χ0n) is 9.79. The molecule has 0 atom stereocenters. The summed E-state index contributed by atoms with van der Waals surface area (Å²) in [5.41, 5.74) is 0.811. The molecule has 1 N–H and O–H groups in total. The third-order valence-corrected chi connectivity index (χ3v) is 2.89. The highest BCUT2D eigenvalue weighted by atomic mass is 35.5. The minimum Gasteiger partial charge on any atom is -0.348 e. The van der Waals surface area contributed by atoms with Crippen molar-refractivity contribution in [2.75, 3.05) is 0 Å². The maximum atomic E-state index is 13.0. The van der Waals surface area contributed by atoms with E-state index in [0.717, 1.165) is 6.07 Å². The minimum atomic E-state index is -0.479. The van der Waals surface area contributed by atoms with Gasteiger partial charge in [0, 0.05) is 17.1 Å². The minimum absolute atomic E-state index is 0.147. The van der Waals surface area contributed by atoms with Gasteiger partial charge in [-0.25, -0.2) is 8.78 Å². The zero-order chi connectivity index (χ0) is 13.8. The molecular weight excluding hydrogens is 272 g/mol. The Morgan fingerprint density at radius 1 is 1.11 bits per heavy atom. The topological polar surface area (TPSA) is 29.1 Å². The van der Waals surface area contributed by atoms with Crippen LogP contribution in [0.15, 0.2) is 42.5 Å². The third-order valence-electron chi connectivity index (χ3n) is 2.54. The van der Waals surface area contributed by atoms with Crippen LogP contribution in [-0.2, 0) is 6.54 Å². The van der Waals surface area contributed by atoms with Gasteiger partial charge in [-0.1, -0.05) is 23.7 Å². The Morgan fingerprint density at radius 3 is 2.53 bits per heavy atom. The average molecular weight is 282 g/mol. The summed E-state index contributed by atoms with van der Waals surface area (Å²) < 4.78 is 25.8. The summed E-state index contributed by atoms with van der Waals surface area (Å²) >= 11 is 5.83. The van der Waals surface area contributed by atoms with Crippen LogP contribution in [0.25, 0.3) is 0 Å². The molecule has 2 rings (SSSR count). The Bertz CT molecular complexity index is 616. The van der Waals surface area contributed by atoms with Gasteiger partial charge < -0.3 is 5.32 Å². The van der Waals surface area contributed by atoms with E-state index in [9.17, 15) is 13.6 Å². The van der Waals surface area contributed by atoms with Crippen LogP contribution >= 0.6 is 11.6 Å². The lowest BCUT2D eigenvalue weighted by Gasteiger charge is -2.07. The molecular formula is C14H10ClF2NO. The van der Waals surface area contributed by atoms with Crippen molar-refractivity contribution in [1.82, 2.24) is 5.32 Å². The number of amides is 1. The molecule has 0 saturated carbocycles. The molecule has 19 heavy (non-hydrogen) atoms. The average Bonchev–Trinajstić information content (AvgIpc) is 2.37. The lowest BCUT2D eigenvalue weighted by atomic mass is 10.2. The first-order valence-electron chi connectivity index (χ1n) is 5.54. The van der Waals surface area contributed by atoms with E-state index in [1.807, 2.05) is 0 Å². The van der Waals surface area contributed by atoms with Gasteiger partial charge >= 0.3 is 0 Å². The van der Waals surface area contributed by atoms with Gasteiger partial charge in [0.1, 0.15) is 11.6 Å². The van der Waals surface area contributed by atoms with Crippen LogP contribution in [-0.4, -0.2) is 5.91 Å². The van der Waals surface area contributed by atoms with E-state index in [1.165, 1.54) is 36.4 Å². The second-order valence-electron chi connectivity index (χ2n) is 3.93. The molecule has 5 heteroatoms. The normalized spacial score (nSPS) is 10.3. The van der Waals surface area contributed by atoms with Crippen molar-refractivity contribution in [3.8, 4) is 0 Å². The smallest absolute Gasteiger partial charge is 0.251 e. The predicted molar refractivity (Wildman–Crippen MR) is 69.0 cm³/mol. The van der Waals surface area contributed by atoms with E-state index in [4.69, 9.17) is 11.6 Å². The van der Waals surface area contributed by atoms with Gasteiger partial charge in [0.25, 0.3) is 5.91 Å². The lowest BCUT2D eigenvalue weighted by Crippen LogP contribution is -2.23. The summed E-state index contributed by atoms with van der Waals surface area (Å²) in [6, 6.07) is 9.28. The third kappa shape index (κ3) is 3.51. The highest BCUT2D eigenvalue weighted by Gasteiger charge is 2.08. The Kier molecular flexibility index (Phi) is 4.12. The standard InChI is InChI=1S/C14H10ClF2NO/c15-13-7-12(17)5-4-10(13)8-18-14(19)9-2-1-3-11(16)6-9/h1-7H,8H2,(H,18,19). The molecule has 1 amide bonds. The maximum Gasteiger partial charge on any atom is 0.251 e. The van der Waals surface area contributed by atoms with Crippen LogP contribution in [0.5, 0.6) is 0 Å². The van der Waals surface area contributed by atoms with Gasteiger partial charge in [0.15, 0.2) is 0 Å². The molecule has 2 nitrogen and oxygen atoms in total. The number of rotatable bonds is 3. The summed E-state index contributed by atoms with van der Waals surface area (Å²) in [5, 5.41) is 2.83. The van der Waals surface area contributed by atoms with Crippen LogP contribution in [0.3, 0.4) is 0 Å². The fourth-order valence-electron chi connectivity index (χ4n) is 1.57. The second kappa shape index (κ2) is 5.80. The van der Waals surface area contributed by atoms with Crippen LogP contribution in [0.1, 0.15) is 15.9 Å². The number of benzene rings is 2. The number of halogens is 3.